The second-order valence-corrected chi connectivity index (χ2v) is 3.37. The number of aromatic nitrogens is 2. The summed E-state index contributed by atoms with van der Waals surface area (Å²) in [6, 6.07) is 5.44. The van der Waals surface area contributed by atoms with Gasteiger partial charge < -0.3 is 15.1 Å². The summed E-state index contributed by atoms with van der Waals surface area (Å²) in [5, 5.41) is 6.30. The predicted molar refractivity (Wildman–Crippen MR) is 63.8 cm³/mol. The fourth-order valence-corrected chi connectivity index (χ4v) is 1.25. The number of furan rings is 1. The van der Waals surface area contributed by atoms with Gasteiger partial charge in [-0.05, 0) is 30.4 Å². The van der Waals surface area contributed by atoms with Crippen molar-refractivity contribution in [2.45, 2.75) is 6.54 Å². The van der Waals surface area contributed by atoms with E-state index in [2.05, 4.69) is 20.6 Å². The Morgan fingerprint density at radius 3 is 2.81 bits per heavy atom. The van der Waals surface area contributed by atoms with Gasteiger partial charge >= 0.3 is 0 Å². The van der Waals surface area contributed by atoms with Gasteiger partial charge in [0.25, 0.3) is 0 Å². The fourth-order valence-electron chi connectivity index (χ4n) is 1.09. The highest BCUT2D eigenvalue weighted by Crippen LogP contribution is 1.99. The molecule has 2 aromatic rings. The molecule has 6 heteroatoms. The fraction of sp³-hybridized carbons (Fsp3) is 0.100. The summed E-state index contributed by atoms with van der Waals surface area (Å²) < 4.78 is 5.15. The second-order valence-electron chi connectivity index (χ2n) is 2.96. The van der Waals surface area contributed by atoms with Crippen LogP contribution in [0.25, 0.3) is 0 Å². The van der Waals surface area contributed by atoms with E-state index in [4.69, 9.17) is 16.6 Å². The molecule has 0 amide bonds. The van der Waals surface area contributed by atoms with Crippen LogP contribution in [0.1, 0.15) is 5.76 Å². The average Bonchev–Trinajstić information content (AvgIpc) is 2.81. The third-order valence-corrected chi connectivity index (χ3v) is 2.04. The molecule has 0 fully saturated rings. The van der Waals surface area contributed by atoms with Crippen molar-refractivity contribution >= 4 is 23.3 Å². The molecule has 0 bridgehead atoms. The molecule has 0 aliphatic rings. The highest BCUT2D eigenvalue weighted by Gasteiger charge is 2.00. The number of anilines is 1. The summed E-state index contributed by atoms with van der Waals surface area (Å²) in [5.74, 6) is 1.29. The summed E-state index contributed by atoms with van der Waals surface area (Å²) in [4.78, 5) is 7.98. The molecule has 0 radical (unpaired) electrons. The molecule has 16 heavy (non-hydrogen) atoms. The average molecular weight is 234 g/mol. The molecule has 0 spiro atoms. The van der Waals surface area contributed by atoms with Crippen LogP contribution in [-0.4, -0.2) is 15.1 Å². The molecule has 0 aromatic carbocycles. The Morgan fingerprint density at radius 1 is 1.31 bits per heavy atom. The Bertz CT molecular complexity index is 443. The highest BCUT2D eigenvalue weighted by molar-refractivity contribution is 7.80. The van der Waals surface area contributed by atoms with Gasteiger partial charge in [-0.25, -0.2) is 9.97 Å². The number of rotatable bonds is 3. The van der Waals surface area contributed by atoms with Crippen LogP contribution in [0.15, 0.2) is 41.3 Å². The van der Waals surface area contributed by atoms with E-state index in [0.29, 0.717) is 17.6 Å². The van der Waals surface area contributed by atoms with E-state index in [9.17, 15) is 0 Å². The van der Waals surface area contributed by atoms with Gasteiger partial charge in [0, 0.05) is 12.4 Å². The predicted octanol–water partition coefficient (Wildman–Crippen LogP) is 1.56. The number of hydrogen-bond acceptors (Lipinski definition) is 4. The van der Waals surface area contributed by atoms with E-state index < -0.39 is 0 Å². The van der Waals surface area contributed by atoms with E-state index in [1.807, 2.05) is 12.1 Å². The Kier molecular flexibility index (Phi) is 3.45. The van der Waals surface area contributed by atoms with Crippen LogP contribution in [0.3, 0.4) is 0 Å². The van der Waals surface area contributed by atoms with Crippen LogP contribution < -0.4 is 10.6 Å². The van der Waals surface area contributed by atoms with Gasteiger partial charge in [-0.2, -0.15) is 0 Å². The van der Waals surface area contributed by atoms with Gasteiger partial charge in [0.05, 0.1) is 12.8 Å². The smallest absolute Gasteiger partial charge is 0.228 e. The lowest BCUT2D eigenvalue weighted by atomic mass is 10.4. The normalized spacial score (nSPS) is 9.75. The lowest BCUT2D eigenvalue weighted by Gasteiger charge is -2.07. The maximum Gasteiger partial charge on any atom is 0.228 e. The van der Waals surface area contributed by atoms with Crippen molar-refractivity contribution in [2.24, 2.45) is 0 Å². The SMILES string of the molecule is S=C(NCc1ccco1)Nc1ncccn1. The van der Waals surface area contributed by atoms with Crippen LogP contribution in [-0.2, 0) is 6.54 Å². The van der Waals surface area contributed by atoms with Crippen molar-refractivity contribution in [3.05, 3.63) is 42.6 Å². The first-order valence-corrected chi connectivity index (χ1v) is 5.09. The molecule has 0 atom stereocenters. The van der Waals surface area contributed by atoms with Crippen LogP contribution in [0.5, 0.6) is 0 Å². The summed E-state index contributed by atoms with van der Waals surface area (Å²) in [6.45, 7) is 0.533. The Hall–Kier alpha value is -1.95. The summed E-state index contributed by atoms with van der Waals surface area (Å²) in [5.41, 5.74) is 0. The third kappa shape index (κ3) is 3.03. The van der Waals surface area contributed by atoms with Crippen LogP contribution in [0.4, 0.5) is 5.95 Å². The zero-order valence-electron chi connectivity index (χ0n) is 8.38. The molecular formula is C10H10N4OS. The molecule has 0 saturated heterocycles. The Labute approximate surface area is 97.9 Å². The number of nitrogens with one attached hydrogen (secondary N) is 2. The van der Waals surface area contributed by atoms with E-state index in [1.165, 1.54) is 0 Å². The molecule has 2 heterocycles. The minimum Gasteiger partial charge on any atom is -0.467 e. The molecule has 0 aliphatic carbocycles. The first-order valence-electron chi connectivity index (χ1n) is 4.69. The zero-order valence-corrected chi connectivity index (χ0v) is 9.20. The number of nitrogens with zero attached hydrogens (tertiary/aromatic N) is 2. The Morgan fingerprint density at radius 2 is 2.12 bits per heavy atom. The van der Waals surface area contributed by atoms with Gasteiger partial charge in [0.2, 0.25) is 5.95 Å². The maximum absolute atomic E-state index is 5.15. The third-order valence-electron chi connectivity index (χ3n) is 1.79. The van der Waals surface area contributed by atoms with Crippen molar-refractivity contribution < 1.29 is 4.42 Å². The molecule has 0 saturated carbocycles. The minimum absolute atomic E-state index is 0.461. The minimum atomic E-state index is 0.461. The lowest BCUT2D eigenvalue weighted by Crippen LogP contribution is -2.28. The van der Waals surface area contributed by atoms with Crippen molar-refractivity contribution in [2.75, 3.05) is 5.32 Å². The van der Waals surface area contributed by atoms with Crippen molar-refractivity contribution in [1.29, 1.82) is 0 Å². The zero-order chi connectivity index (χ0) is 11.2. The summed E-state index contributed by atoms with van der Waals surface area (Å²) >= 11 is 5.07. The largest absolute Gasteiger partial charge is 0.467 e. The Balaban J connectivity index is 1.81. The van der Waals surface area contributed by atoms with Gasteiger partial charge in [-0.3, -0.25) is 0 Å². The van der Waals surface area contributed by atoms with E-state index >= 15 is 0 Å². The van der Waals surface area contributed by atoms with Gasteiger partial charge in [0.15, 0.2) is 5.11 Å². The van der Waals surface area contributed by atoms with E-state index in [0.717, 1.165) is 5.76 Å². The molecular weight excluding hydrogens is 224 g/mol. The quantitative estimate of drug-likeness (QED) is 0.786. The van der Waals surface area contributed by atoms with Crippen LogP contribution in [0.2, 0.25) is 0 Å². The van der Waals surface area contributed by atoms with Crippen molar-refractivity contribution in [3.8, 4) is 0 Å². The number of hydrogen-bond donors (Lipinski definition) is 2. The summed E-state index contributed by atoms with van der Waals surface area (Å²) in [7, 11) is 0. The van der Waals surface area contributed by atoms with E-state index in [1.54, 1.807) is 24.7 Å². The standard InChI is InChI=1S/C10H10N4OS/c16-10(13-7-8-3-1-6-15-8)14-9-11-4-2-5-12-9/h1-6H,7H2,(H2,11,12,13,14,16). The number of thiocarbonyl (C=S) groups is 1. The van der Waals surface area contributed by atoms with Crippen molar-refractivity contribution in [1.82, 2.24) is 15.3 Å². The molecule has 2 N–H and O–H groups in total. The highest BCUT2D eigenvalue weighted by atomic mass is 32.1. The van der Waals surface area contributed by atoms with Crippen molar-refractivity contribution in [3.63, 3.8) is 0 Å². The van der Waals surface area contributed by atoms with Gasteiger partial charge in [0.1, 0.15) is 5.76 Å². The van der Waals surface area contributed by atoms with E-state index in [-0.39, 0.29) is 0 Å². The molecule has 2 aromatic heterocycles. The molecule has 82 valence electrons. The lowest BCUT2D eigenvalue weighted by molar-refractivity contribution is 0.503. The summed E-state index contributed by atoms with van der Waals surface area (Å²) in [6.07, 6.45) is 4.91. The second kappa shape index (κ2) is 5.22. The monoisotopic (exact) mass is 234 g/mol. The van der Waals surface area contributed by atoms with Gasteiger partial charge in [-0.15, -0.1) is 0 Å². The molecule has 0 aliphatic heterocycles. The van der Waals surface area contributed by atoms with Crippen LogP contribution in [0, 0.1) is 0 Å². The molecule has 2 rings (SSSR count). The first-order chi connectivity index (χ1) is 7.84. The molecule has 5 nitrogen and oxygen atoms in total. The van der Waals surface area contributed by atoms with Crippen LogP contribution >= 0.6 is 12.2 Å². The first kappa shape index (κ1) is 10.6. The van der Waals surface area contributed by atoms with Gasteiger partial charge in [-0.1, -0.05) is 0 Å². The topological polar surface area (TPSA) is 63.0 Å². The molecule has 0 unspecified atom stereocenters. The maximum atomic E-state index is 5.15.